The van der Waals surface area contributed by atoms with Gasteiger partial charge in [-0.2, -0.15) is 0 Å². The third kappa shape index (κ3) is 6.23. The van der Waals surface area contributed by atoms with Crippen molar-refractivity contribution < 1.29 is 19.1 Å². The number of nitrogens with one attached hydrogen (secondary N) is 1. The van der Waals surface area contributed by atoms with Crippen LogP contribution in [-0.4, -0.2) is 25.6 Å². The van der Waals surface area contributed by atoms with Gasteiger partial charge in [0.25, 0.3) is 0 Å². The minimum absolute atomic E-state index is 0.227. The summed E-state index contributed by atoms with van der Waals surface area (Å²) < 4.78 is 11.2. The Kier molecular flexibility index (Phi) is 7.47. The van der Waals surface area contributed by atoms with Crippen LogP contribution in [0.1, 0.15) is 24.4 Å². The van der Waals surface area contributed by atoms with E-state index in [0.717, 1.165) is 10.2 Å². The van der Waals surface area contributed by atoms with Crippen LogP contribution < -0.4 is 10.1 Å². The molecule has 0 aliphatic rings. The lowest BCUT2D eigenvalue weighted by Gasteiger charge is -2.17. The number of hydrogen-bond donors (Lipinski definition) is 1. The van der Waals surface area contributed by atoms with E-state index in [-0.39, 0.29) is 12.3 Å². The predicted molar refractivity (Wildman–Crippen MR) is 98.2 cm³/mol. The first-order valence-electron chi connectivity index (χ1n) is 7.90. The topological polar surface area (TPSA) is 64.6 Å². The van der Waals surface area contributed by atoms with Crippen LogP contribution in [0.5, 0.6) is 5.75 Å². The van der Waals surface area contributed by atoms with E-state index in [1.165, 1.54) is 7.11 Å². The quantitative estimate of drug-likeness (QED) is 0.537. The zero-order valence-corrected chi connectivity index (χ0v) is 15.5. The lowest BCUT2D eigenvalue weighted by Crippen LogP contribution is -2.34. The fraction of sp³-hybridized carbons (Fsp3) is 0.263. The van der Waals surface area contributed by atoms with Crippen LogP contribution in [0.2, 0.25) is 0 Å². The summed E-state index contributed by atoms with van der Waals surface area (Å²) in [6.45, 7) is 0.429. The number of carbonyl (C=O) groups is 2. The molecule has 0 aliphatic heterocycles. The van der Waals surface area contributed by atoms with Crippen LogP contribution in [-0.2, 0) is 14.3 Å². The van der Waals surface area contributed by atoms with Gasteiger partial charge in [-0.25, -0.2) is 4.79 Å². The maximum atomic E-state index is 12.1. The number of hydrogen-bond acceptors (Lipinski definition) is 4. The van der Waals surface area contributed by atoms with Gasteiger partial charge in [-0.05, 0) is 36.2 Å². The minimum Gasteiger partial charge on any atom is -0.494 e. The Bertz CT molecular complexity index is 688. The molecule has 0 saturated heterocycles. The van der Waals surface area contributed by atoms with E-state index in [0.29, 0.717) is 18.6 Å². The third-order valence-electron chi connectivity index (χ3n) is 3.51. The number of methoxy groups -OCH3 is 1. The van der Waals surface area contributed by atoms with E-state index in [9.17, 15) is 9.59 Å². The predicted octanol–water partition coefficient (Wildman–Crippen LogP) is 3.64. The summed E-state index contributed by atoms with van der Waals surface area (Å²) >= 11 is 3.34. The summed E-state index contributed by atoms with van der Waals surface area (Å²) in [6.07, 6.45) is 0.811. The number of amides is 1. The summed E-state index contributed by atoms with van der Waals surface area (Å²) in [7, 11) is 1.30. The average Bonchev–Trinajstić information content (AvgIpc) is 2.64. The van der Waals surface area contributed by atoms with E-state index in [2.05, 4.69) is 21.2 Å². The Morgan fingerprint density at radius 3 is 2.40 bits per heavy atom. The molecule has 1 amide bonds. The third-order valence-corrected chi connectivity index (χ3v) is 4.03. The van der Waals surface area contributed by atoms with Crippen LogP contribution in [0.25, 0.3) is 0 Å². The summed E-state index contributed by atoms with van der Waals surface area (Å²) in [4.78, 5) is 24.1. The number of halogens is 1. The van der Waals surface area contributed by atoms with Crippen LogP contribution in [0, 0.1) is 0 Å². The molecule has 1 unspecified atom stereocenters. The normalized spacial score (nSPS) is 11.4. The Labute approximate surface area is 155 Å². The highest BCUT2D eigenvalue weighted by Crippen LogP contribution is 2.18. The second-order valence-corrected chi connectivity index (χ2v) is 6.26. The molecule has 2 aromatic carbocycles. The lowest BCUT2D eigenvalue weighted by molar-refractivity contribution is -0.145. The van der Waals surface area contributed by atoms with E-state index in [1.807, 2.05) is 42.5 Å². The number of benzene rings is 2. The van der Waals surface area contributed by atoms with Gasteiger partial charge in [0.1, 0.15) is 5.75 Å². The largest absolute Gasteiger partial charge is 0.494 e. The highest BCUT2D eigenvalue weighted by Gasteiger charge is 2.23. The molecule has 0 fully saturated rings. The highest BCUT2D eigenvalue weighted by atomic mass is 79.9. The second kappa shape index (κ2) is 9.84. The summed E-state index contributed by atoms with van der Waals surface area (Å²) in [5.74, 6) is 0.0383. The van der Waals surface area contributed by atoms with Crippen LogP contribution in [0.3, 0.4) is 0 Å². The van der Waals surface area contributed by atoms with E-state index in [4.69, 9.17) is 9.47 Å². The lowest BCUT2D eigenvalue weighted by atomic mass is 10.1. The number of esters is 1. The first kappa shape index (κ1) is 19.0. The van der Waals surface area contributed by atoms with Gasteiger partial charge in [-0.3, -0.25) is 4.79 Å². The van der Waals surface area contributed by atoms with Crippen molar-refractivity contribution in [3.63, 3.8) is 0 Å². The zero-order chi connectivity index (χ0) is 18.1. The van der Waals surface area contributed by atoms with Crippen molar-refractivity contribution in [2.24, 2.45) is 0 Å². The van der Waals surface area contributed by atoms with E-state index >= 15 is 0 Å². The Hall–Kier alpha value is -2.34. The van der Waals surface area contributed by atoms with Gasteiger partial charge < -0.3 is 14.8 Å². The molecule has 1 atom stereocenters. The molecule has 0 heterocycles. The monoisotopic (exact) mass is 405 g/mol. The highest BCUT2D eigenvalue weighted by molar-refractivity contribution is 9.10. The van der Waals surface area contributed by atoms with Gasteiger partial charge in [0.05, 0.1) is 13.7 Å². The van der Waals surface area contributed by atoms with E-state index in [1.54, 1.807) is 12.1 Å². The molecule has 0 radical (unpaired) electrons. The Balaban J connectivity index is 1.84. The van der Waals surface area contributed by atoms with Crippen molar-refractivity contribution in [1.82, 2.24) is 5.32 Å². The average molecular weight is 406 g/mol. The smallest absolute Gasteiger partial charge is 0.333 e. The SMILES string of the molecule is COC(=O)C(NC(=O)CCCOc1ccccc1)c1ccc(Br)cc1. The molecule has 132 valence electrons. The molecule has 0 saturated carbocycles. The van der Waals surface area contributed by atoms with Crippen molar-refractivity contribution >= 4 is 27.8 Å². The van der Waals surface area contributed by atoms with Gasteiger partial charge >= 0.3 is 5.97 Å². The molecule has 0 spiro atoms. The van der Waals surface area contributed by atoms with Gasteiger partial charge in [0.2, 0.25) is 5.91 Å². The molecule has 1 N–H and O–H groups in total. The summed E-state index contributed by atoms with van der Waals surface area (Å²) in [5.41, 5.74) is 0.670. The molecule has 0 aliphatic carbocycles. The second-order valence-electron chi connectivity index (χ2n) is 5.34. The van der Waals surface area contributed by atoms with Crippen molar-refractivity contribution in [2.75, 3.05) is 13.7 Å². The summed E-state index contributed by atoms with van der Waals surface area (Å²) in [6, 6.07) is 15.8. The number of rotatable bonds is 8. The molecular weight excluding hydrogens is 386 g/mol. The minimum atomic E-state index is -0.819. The van der Waals surface area contributed by atoms with Crippen LogP contribution >= 0.6 is 15.9 Å². The number of ether oxygens (including phenoxy) is 2. The maximum Gasteiger partial charge on any atom is 0.333 e. The molecule has 2 rings (SSSR count). The standard InChI is InChI=1S/C19H20BrNO4/c1-24-19(23)18(14-9-11-15(20)12-10-14)21-17(22)8-5-13-25-16-6-3-2-4-7-16/h2-4,6-7,9-12,18H,5,8,13H2,1H3,(H,21,22). The number of para-hydroxylation sites is 1. The first-order chi connectivity index (χ1) is 12.1. The molecule has 25 heavy (non-hydrogen) atoms. The van der Waals surface area contributed by atoms with Gasteiger partial charge in [0, 0.05) is 10.9 Å². The molecule has 6 heteroatoms. The molecule has 0 bridgehead atoms. The fourth-order valence-corrected chi connectivity index (χ4v) is 2.49. The fourth-order valence-electron chi connectivity index (χ4n) is 2.22. The zero-order valence-electron chi connectivity index (χ0n) is 13.9. The van der Waals surface area contributed by atoms with Crippen molar-refractivity contribution in [3.05, 3.63) is 64.6 Å². The molecular formula is C19H20BrNO4. The van der Waals surface area contributed by atoms with Crippen LogP contribution in [0.15, 0.2) is 59.1 Å². The number of carbonyl (C=O) groups excluding carboxylic acids is 2. The Morgan fingerprint density at radius 2 is 1.76 bits per heavy atom. The molecule has 0 aromatic heterocycles. The first-order valence-corrected chi connectivity index (χ1v) is 8.70. The molecule has 5 nitrogen and oxygen atoms in total. The van der Waals surface area contributed by atoms with Gasteiger partial charge in [-0.15, -0.1) is 0 Å². The van der Waals surface area contributed by atoms with Crippen molar-refractivity contribution in [2.45, 2.75) is 18.9 Å². The van der Waals surface area contributed by atoms with Crippen molar-refractivity contribution in [1.29, 1.82) is 0 Å². The van der Waals surface area contributed by atoms with Crippen LogP contribution in [0.4, 0.5) is 0 Å². The van der Waals surface area contributed by atoms with E-state index < -0.39 is 12.0 Å². The summed E-state index contributed by atoms with van der Waals surface area (Å²) in [5, 5.41) is 2.72. The van der Waals surface area contributed by atoms with Gasteiger partial charge in [-0.1, -0.05) is 46.3 Å². The Morgan fingerprint density at radius 1 is 1.08 bits per heavy atom. The van der Waals surface area contributed by atoms with Crippen molar-refractivity contribution in [3.8, 4) is 5.75 Å². The maximum absolute atomic E-state index is 12.1. The molecule has 2 aromatic rings. The van der Waals surface area contributed by atoms with Gasteiger partial charge in [0.15, 0.2) is 6.04 Å².